The van der Waals surface area contributed by atoms with Gasteiger partial charge in [0.05, 0.1) is 6.61 Å². The van der Waals surface area contributed by atoms with E-state index in [2.05, 4.69) is 0 Å². The van der Waals surface area contributed by atoms with E-state index in [1.54, 1.807) is 6.92 Å². The monoisotopic (exact) mass is 208 g/mol. The van der Waals surface area contributed by atoms with Gasteiger partial charge < -0.3 is 25.2 Å². The zero-order chi connectivity index (χ0) is 11.1. The molecule has 6 nitrogen and oxygen atoms in total. The number of aliphatic hydroxyl groups excluding tert-OH is 4. The first-order valence-electron chi connectivity index (χ1n) is 4.30. The Morgan fingerprint density at radius 1 is 1.36 bits per heavy atom. The highest BCUT2D eigenvalue weighted by Crippen LogP contribution is 2.01. The summed E-state index contributed by atoms with van der Waals surface area (Å²) in [6.45, 7) is 0.947. The lowest BCUT2D eigenvalue weighted by Crippen LogP contribution is -2.45. The Morgan fingerprint density at radius 2 is 1.93 bits per heavy atom. The number of Topliss-reactive ketones (excluding diaryl/α,β-unsaturated/α-hetero) is 1. The van der Waals surface area contributed by atoms with Crippen molar-refractivity contribution in [2.75, 3.05) is 19.8 Å². The van der Waals surface area contributed by atoms with Crippen molar-refractivity contribution in [2.45, 2.75) is 25.2 Å². The van der Waals surface area contributed by atoms with Crippen LogP contribution in [0, 0.1) is 0 Å². The minimum atomic E-state index is -1.73. The van der Waals surface area contributed by atoms with Gasteiger partial charge in [0.1, 0.15) is 24.9 Å². The van der Waals surface area contributed by atoms with Crippen molar-refractivity contribution in [3.05, 3.63) is 0 Å². The standard InChI is InChI=1S/C8H16O6/c1-2-14-4-6(11)8(13)7(12)5(10)3-9/h5,7-10,12-13H,2-4H2,1H3. The van der Waals surface area contributed by atoms with Crippen LogP contribution in [-0.4, -0.2) is 64.3 Å². The van der Waals surface area contributed by atoms with Gasteiger partial charge in [-0.3, -0.25) is 4.79 Å². The van der Waals surface area contributed by atoms with Crippen LogP contribution in [0.4, 0.5) is 0 Å². The van der Waals surface area contributed by atoms with Gasteiger partial charge in [0, 0.05) is 6.61 Å². The van der Waals surface area contributed by atoms with Crippen molar-refractivity contribution in [3.8, 4) is 0 Å². The molecular weight excluding hydrogens is 192 g/mol. The normalized spacial score (nSPS) is 17.5. The third-order valence-corrected chi connectivity index (χ3v) is 1.68. The lowest BCUT2D eigenvalue weighted by molar-refractivity contribution is -0.144. The number of hydrogen-bond donors (Lipinski definition) is 4. The highest BCUT2D eigenvalue weighted by atomic mass is 16.5. The molecule has 3 atom stereocenters. The fourth-order valence-corrected chi connectivity index (χ4v) is 0.797. The molecule has 0 aliphatic rings. The van der Waals surface area contributed by atoms with E-state index in [9.17, 15) is 4.79 Å². The van der Waals surface area contributed by atoms with E-state index in [1.807, 2.05) is 0 Å². The second-order valence-electron chi connectivity index (χ2n) is 2.79. The van der Waals surface area contributed by atoms with Crippen molar-refractivity contribution in [1.82, 2.24) is 0 Å². The topological polar surface area (TPSA) is 107 Å². The minimum absolute atomic E-state index is 0.317. The van der Waals surface area contributed by atoms with Gasteiger partial charge in [-0.05, 0) is 6.92 Å². The summed E-state index contributed by atoms with van der Waals surface area (Å²) in [4.78, 5) is 11.0. The third kappa shape index (κ3) is 4.12. The van der Waals surface area contributed by atoms with Crippen LogP contribution in [0.15, 0.2) is 0 Å². The lowest BCUT2D eigenvalue weighted by atomic mass is 10.1. The summed E-state index contributed by atoms with van der Waals surface area (Å²) in [7, 11) is 0. The van der Waals surface area contributed by atoms with Gasteiger partial charge in [-0.1, -0.05) is 0 Å². The Bertz CT molecular complexity index is 171. The van der Waals surface area contributed by atoms with Gasteiger partial charge in [0.25, 0.3) is 0 Å². The number of aliphatic hydroxyl groups is 4. The maximum Gasteiger partial charge on any atom is 0.189 e. The molecule has 0 bridgehead atoms. The Labute approximate surface area is 81.7 Å². The van der Waals surface area contributed by atoms with E-state index in [0.29, 0.717) is 6.61 Å². The van der Waals surface area contributed by atoms with Crippen LogP contribution in [0.25, 0.3) is 0 Å². The summed E-state index contributed by atoms with van der Waals surface area (Å²) in [5.41, 5.74) is 0. The molecule has 0 aliphatic carbocycles. The zero-order valence-corrected chi connectivity index (χ0v) is 7.96. The quantitative estimate of drug-likeness (QED) is 0.374. The number of ether oxygens (including phenoxy) is 1. The SMILES string of the molecule is CCOCC(=O)C(O)C(O)C(O)CO. The molecule has 0 rings (SSSR count). The number of carbonyl (C=O) groups is 1. The van der Waals surface area contributed by atoms with Crippen molar-refractivity contribution in [1.29, 1.82) is 0 Å². The van der Waals surface area contributed by atoms with Crippen LogP contribution < -0.4 is 0 Å². The first-order valence-corrected chi connectivity index (χ1v) is 4.30. The number of ketones is 1. The molecule has 0 fully saturated rings. The molecule has 0 aromatic heterocycles. The molecule has 6 heteroatoms. The molecule has 84 valence electrons. The molecular formula is C8H16O6. The molecule has 0 saturated heterocycles. The number of carbonyl (C=O) groups excluding carboxylic acids is 1. The van der Waals surface area contributed by atoms with E-state index < -0.39 is 30.7 Å². The average molecular weight is 208 g/mol. The van der Waals surface area contributed by atoms with Crippen molar-refractivity contribution >= 4 is 5.78 Å². The molecule has 0 saturated carbocycles. The van der Waals surface area contributed by atoms with E-state index in [0.717, 1.165) is 0 Å². The fraction of sp³-hybridized carbons (Fsp3) is 0.875. The summed E-state index contributed by atoms with van der Waals surface area (Å²) in [6.07, 6.45) is -4.95. The van der Waals surface area contributed by atoms with Crippen LogP contribution in [0.5, 0.6) is 0 Å². The smallest absolute Gasteiger partial charge is 0.189 e. The molecule has 0 aliphatic heterocycles. The van der Waals surface area contributed by atoms with Crippen molar-refractivity contribution < 1.29 is 30.0 Å². The van der Waals surface area contributed by atoms with Crippen molar-refractivity contribution in [2.24, 2.45) is 0 Å². The Balaban J connectivity index is 4.03. The van der Waals surface area contributed by atoms with Gasteiger partial charge in [-0.15, -0.1) is 0 Å². The predicted octanol–water partition coefficient (Wildman–Crippen LogP) is -2.33. The summed E-state index contributed by atoms with van der Waals surface area (Å²) in [5.74, 6) is -0.730. The molecule has 14 heavy (non-hydrogen) atoms. The van der Waals surface area contributed by atoms with Crippen molar-refractivity contribution in [3.63, 3.8) is 0 Å². The van der Waals surface area contributed by atoms with E-state index in [4.69, 9.17) is 25.2 Å². The summed E-state index contributed by atoms with van der Waals surface area (Å²) < 4.78 is 4.72. The van der Waals surface area contributed by atoms with Gasteiger partial charge in [0.15, 0.2) is 5.78 Å². The summed E-state index contributed by atoms with van der Waals surface area (Å²) in [5, 5.41) is 35.6. The third-order valence-electron chi connectivity index (χ3n) is 1.68. The van der Waals surface area contributed by atoms with Gasteiger partial charge in [0.2, 0.25) is 0 Å². The largest absolute Gasteiger partial charge is 0.394 e. The highest BCUT2D eigenvalue weighted by Gasteiger charge is 2.29. The Kier molecular flexibility index (Phi) is 6.60. The van der Waals surface area contributed by atoms with Crippen LogP contribution in [0.1, 0.15) is 6.92 Å². The highest BCUT2D eigenvalue weighted by molar-refractivity contribution is 5.84. The van der Waals surface area contributed by atoms with Crippen LogP contribution in [-0.2, 0) is 9.53 Å². The molecule has 0 heterocycles. The molecule has 0 amide bonds. The second kappa shape index (κ2) is 6.86. The minimum Gasteiger partial charge on any atom is -0.394 e. The van der Waals surface area contributed by atoms with E-state index >= 15 is 0 Å². The maximum absolute atomic E-state index is 11.0. The van der Waals surface area contributed by atoms with E-state index in [-0.39, 0.29) is 6.61 Å². The Hall–Kier alpha value is -0.530. The fourth-order valence-electron chi connectivity index (χ4n) is 0.797. The second-order valence-corrected chi connectivity index (χ2v) is 2.79. The van der Waals surface area contributed by atoms with E-state index in [1.165, 1.54) is 0 Å². The average Bonchev–Trinajstić information content (AvgIpc) is 2.22. The number of rotatable bonds is 7. The van der Waals surface area contributed by atoms with Gasteiger partial charge in [-0.2, -0.15) is 0 Å². The number of hydrogen-bond acceptors (Lipinski definition) is 6. The zero-order valence-electron chi connectivity index (χ0n) is 7.96. The molecule has 3 unspecified atom stereocenters. The Morgan fingerprint density at radius 3 is 2.36 bits per heavy atom. The summed E-state index contributed by atoms with van der Waals surface area (Å²) in [6, 6.07) is 0. The first kappa shape index (κ1) is 13.5. The molecule has 0 aromatic carbocycles. The maximum atomic E-state index is 11.0. The molecule has 4 N–H and O–H groups in total. The van der Waals surface area contributed by atoms with Gasteiger partial charge in [-0.25, -0.2) is 0 Å². The summed E-state index contributed by atoms with van der Waals surface area (Å²) >= 11 is 0. The molecule has 0 radical (unpaired) electrons. The van der Waals surface area contributed by atoms with Crippen LogP contribution in [0.2, 0.25) is 0 Å². The van der Waals surface area contributed by atoms with Gasteiger partial charge >= 0.3 is 0 Å². The van der Waals surface area contributed by atoms with Crippen LogP contribution >= 0.6 is 0 Å². The molecule has 0 aromatic rings. The predicted molar refractivity (Wildman–Crippen MR) is 46.6 cm³/mol. The van der Waals surface area contributed by atoms with Crippen LogP contribution in [0.3, 0.4) is 0 Å². The molecule has 0 spiro atoms. The lowest BCUT2D eigenvalue weighted by Gasteiger charge is -2.20. The first-order chi connectivity index (χ1) is 6.54.